The Hall–Kier alpha value is -2.82. The van der Waals surface area contributed by atoms with Gasteiger partial charge < -0.3 is 9.88 Å². The lowest BCUT2D eigenvalue weighted by molar-refractivity contribution is -0.131. The monoisotopic (exact) mass is 493 g/mol. The minimum Gasteiger partial charge on any atom is -0.340 e. The summed E-state index contributed by atoms with van der Waals surface area (Å²) in [6.07, 6.45) is 1.89. The minimum absolute atomic E-state index is 0.0468. The number of H-pyrrole nitrogens is 1. The average Bonchev–Trinajstić information content (AvgIpc) is 3.23. The number of aromatic nitrogens is 2. The lowest BCUT2D eigenvalue weighted by atomic mass is 10.0. The number of nitrogens with one attached hydrogen (secondary N) is 1. The van der Waals surface area contributed by atoms with Crippen molar-refractivity contribution in [3.8, 4) is 0 Å². The molecular weight excluding hydrogens is 465 g/mol. The van der Waals surface area contributed by atoms with E-state index < -0.39 is 0 Å². The van der Waals surface area contributed by atoms with Crippen molar-refractivity contribution in [1.82, 2.24) is 14.9 Å². The van der Waals surface area contributed by atoms with Gasteiger partial charge in [-0.3, -0.25) is 4.79 Å². The Labute approximate surface area is 210 Å². The molecule has 4 aromatic rings. The van der Waals surface area contributed by atoms with Gasteiger partial charge >= 0.3 is 0 Å². The predicted octanol–water partition coefficient (Wildman–Crippen LogP) is 7.08. The molecule has 1 heterocycles. The Morgan fingerprint density at radius 3 is 2.24 bits per heavy atom. The second kappa shape index (κ2) is 11.1. The molecule has 1 amide bonds. The van der Waals surface area contributed by atoms with Crippen molar-refractivity contribution < 1.29 is 4.79 Å². The van der Waals surface area contributed by atoms with E-state index in [4.69, 9.17) is 28.2 Å². The first-order valence-electron chi connectivity index (χ1n) is 11.6. The van der Waals surface area contributed by atoms with E-state index in [1.54, 1.807) is 0 Å². The molecule has 0 unspecified atom stereocenters. The molecular formula is C28H29Cl2N3O. The third-order valence-corrected chi connectivity index (χ3v) is 6.69. The molecule has 0 aliphatic carbocycles. The molecule has 34 heavy (non-hydrogen) atoms. The van der Waals surface area contributed by atoms with Crippen molar-refractivity contribution in [3.63, 3.8) is 0 Å². The molecule has 4 nitrogen and oxygen atoms in total. The van der Waals surface area contributed by atoms with E-state index in [1.165, 1.54) is 0 Å². The van der Waals surface area contributed by atoms with Crippen LogP contribution in [0, 0.1) is 5.92 Å². The number of fused-ring (bicyclic) bond motifs is 1. The van der Waals surface area contributed by atoms with E-state index in [0.29, 0.717) is 30.5 Å². The number of imidazole rings is 1. The minimum atomic E-state index is 0.0468. The van der Waals surface area contributed by atoms with Crippen LogP contribution in [0.5, 0.6) is 0 Å². The molecule has 0 bridgehead atoms. The van der Waals surface area contributed by atoms with Crippen molar-refractivity contribution in [1.29, 1.82) is 0 Å². The zero-order valence-corrected chi connectivity index (χ0v) is 21.0. The molecule has 0 fully saturated rings. The third-order valence-electron chi connectivity index (χ3n) is 5.95. The zero-order valence-electron chi connectivity index (χ0n) is 19.5. The number of aromatic amines is 1. The Morgan fingerprint density at radius 2 is 1.56 bits per heavy atom. The van der Waals surface area contributed by atoms with Gasteiger partial charge in [-0.25, -0.2) is 4.98 Å². The lowest BCUT2D eigenvalue weighted by Gasteiger charge is -2.23. The molecule has 1 N–H and O–H groups in total. The molecule has 1 aromatic heterocycles. The van der Waals surface area contributed by atoms with E-state index in [1.807, 2.05) is 65.6 Å². The Balaban J connectivity index is 1.57. The van der Waals surface area contributed by atoms with Gasteiger partial charge in [-0.05, 0) is 47.2 Å². The Bertz CT molecular complexity index is 1280. The quantitative estimate of drug-likeness (QED) is 0.270. The highest BCUT2D eigenvalue weighted by Gasteiger charge is 2.19. The summed E-state index contributed by atoms with van der Waals surface area (Å²) in [5.74, 6) is 1.32. The molecule has 0 spiro atoms. The molecule has 0 radical (unpaired) electrons. The van der Waals surface area contributed by atoms with Crippen LogP contribution in [0.2, 0.25) is 10.0 Å². The first-order chi connectivity index (χ1) is 16.4. The molecule has 4 rings (SSSR count). The summed E-state index contributed by atoms with van der Waals surface area (Å²) in [5, 5.41) is 1.37. The largest absolute Gasteiger partial charge is 0.340 e. The van der Waals surface area contributed by atoms with Gasteiger partial charge in [0.15, 0.2) is 0 Å². The van der Waals surface area contributed by atoms with Crippen LogP contribution in [0.15, 0.2) is 66.7 Å². The summed E-state index contributed by atoms with van der Waals surface area (Å²) < 4.78 is 0. The SMILES string of the molecule is CC(C)CCN(Cc1nc2c(Cc3ccccc3Cl)cccc2[nH]1)C(=O)Cc1ccccc1Cl. The van der Waals surface area contributed by atoms with Gasteiger partial charge in [0.1, 0.15) is 5.82 Å². The summed E-state index contributed by atoms with van der Waals surface area (Å²) in [7, 11) is 0. The number of amides is 1. The highest BCUT2D eigenvalue weighted by atomic mass is 35.5. The van der Waals surface area contributed by atoms with Gasteiger partial charge in [0.05, 0.1) is 24.0 Å². The molecule has 0 aliphatic heterocycles. The molecule has 0 saturated heterocycles. The smallest absolute Gasteiger partial charge is 0.227 e. The number of hydrogen-bond acceptors (Lipinski definition) is 2. The van der Waals surface area contributed by atoms with Crippen LogP contribution in [0.4, 0.5) is 0 Å². The summed E-state index contributed by atoms with van der Waals surface area (Å²) in [6.45, 7) is 5.43. The first kappa shape index (κ1) is 24.3. The molecule has 6 heteroatoms. The number of nitrogens with zero attached hydrogens (tertiary/aromatic N) is 2. The van der Waals surface area contributed by atoms with Gasteiger partial charge in [0.25, 0.3) is 0 Å². The zero-order chi connectivity index (χ0) is 24.1. The molecule has 3 aromatic carbocycles. The fourth-order valence-corrected chi connectivity index (χ4v) is 4.42. The van der Waals surface area contributed by atoms with Crippen molar-refractivity contribution in [2.75, 3.05) is 6.54 Å². The number of rotatable bonds is 9. The third kappa shape index (κ3) is 5.99. The predicted molar refractivity (Wildman–Crippen MR) is 140 cm³/mol. The number of carbonyl (C=O) groups excluding carboxylic acids is 1. The van der Waals surface area contributed by atoms with Crippen LogP contribution in [0.25, 0.3) is 11.0 Å². The summed E-state index contributed by atoms with van der Waals surface area (Å²) in [5.41, 5.74) is 4.89. The first-order valence-corrected chi connectivity index (χ1v) is 12.4. The Kier molecular flexibility index (Phi) is 7.91. The van der Waals surface area contributed by atoms with Gasteiger partial charge in [-0.1, -0.05) is 85.6 Å². The summed E-state index contributed by atoms with van der Waals surface area (Å²) >= 11 is 12.7. The van der Waals surface area contributed by atoms with Crippen molar-refractivity contribution >= 4 is 40.1 Å². The second-order valence-electron chi connectivity index (χ2n) is 9.03. The molecule has 0 aliphatic rings. The van der Waals surface area contributed by atoms with Crippen LogP contribution in [-0.2, 0) is 24.2 Å². The van der Waals surface area contributed by atoms with Gasteiger partial charge in [-0.2, -0.15) is 0 Å². The van der Waals surface area contributed by atoms with Crippen LogP contribution in [0.1, 0.15) is 42.8 Å². The normalized spacial score (nSPS) is 11.3. The fourth-order valence-electron chi connectivity index (χ4n) is 4.01. The maximum absolute atomic E-state index is 13.3. The maximum Gasteiger partial charge on any atom is 0.227 e. The average molecular weight is 494 g/mol. The highest BCUT2D eigenvalue weighted by molar-refractivity contribution is 6.31. The van der Waals surface area contributed by atoms with Crippen molar-refractivity contribution in [2.24, 2.45) is 5.92 Å². The summed E-state index contributed by atoms with van der Waals surface area (Å²) in [4.78, 5) is 23.5. The Morgan fingerprint density at radius 1 is 0.912 bits per heavy atom. The fraction of sp³-hybridized carbons (Fsp3) is 0.286. The van der Waals surface area contributed by atoms with E-state index in [-0.39, 0.29) is 12.3 Å². The van der Waals surface area contributed by atoms with Crippen LogP contribution in [-0.4, -0.2) is 27.3 Å². The second-order valence-corrected chi connectivity index (χ2v) is 9.85. The summed E-state index contributed by atoms with van der Waals surface area (Å²) in [6, 6.07) is 21.5. The van der Waals surface area contributed by atoms with Crippen molar-refractivity contribution in [3.05, 3.63) is 99.3 Å². The van der Waals surface area contributed by atoms with Crippen molar-refractivity contribution in [2.45, 2.75) is 39.7 Å². The maximum atomic E-state index is 13.3. The van der Waals surface area contributed by atoms with Crippen LogP contribution >= 0.6 is 23.2 Å². The van der Waals surface area contributed by atoms with Gasteiger partial charge in [0.2, 0.25) is 5.91 Å². The molecule has 176 valence electrons. The topological polar surface area (TPSA) is 49.0 Å². The van der Waals surface area contributed by atoms with E-state index in [0.717, 1.165) is 45.0 Å². The van der Waals surface area contributed by atoms with E-state index >= 15 is 0 Å². The molecule has 0 atom stereocenters. The van der Waals surface area contributed by atoms with E-state index in [2.05, 4.69) is 24.9 Å². The highest BCUT2D eigenvalue weighted by Crippen LogP contribution is 2.24. The van der Waals surface area contributed by atoms with Crippen LogP contribution in [0.3, 0.4) is 0 Å². The number of benzene rings is 3. The number of para-hydroxylation sites is 1. The van der Waals surface area contributed by atoms with Crippen LogP contribution < -0.4 is 0 Å². The standard InChI is InChI=1S/C28H29Cl2N3O/c1-19(2)14-15-33(27(34)17-21-9-4-6-12-24(21)30)18-26-31-25-13-7-10-22(28(25)32-26)16-20-8-3-5-11-23(20)29/h3-13,19H,14-18H2,1-2H3,(H,31,32). The van der Waals surface area contributed by atoms with Gasteiger partial charge in [0, 0.05) is 23.0 Å². The molecule has 0 saturated carbocycles. The number of hydrogen-bond donors (Lipinski definition) is 1. The number of carbonyl (C=O) groups is 1. The lowest BCUT2D eigenvalue weighted by Crippen LogP contribution is -2.33. The van der Waals surface area contributed by atoms with E-state index in [9.17, 15) is 4.79 Å². The van der Waals surface area contributed by atoms with Gasteiger partial charge in [-0.15, -0.1) is 0 Å². The number of halogens is 2.